The Hall–Kier alpha value is -1.75. The monoisotopic (exact) mass is 251 g/mol. The third kappa shape index (κ3) is 4.25. The third-order valence-electron chi connectivity index (χ3n) is 2.79. The van der Waals surface area contributed by atoms with Crippen LogP contribution in [0.15, 0.2) is 18.2 Å². The first-order chi connectivity index (χ1) is 8.54. The molecule has 0 aliphatic heterocycles. The average Bonchev–Trinajstić information content (AvgIpc) is 2.34. The first kappa shape index (κ1) is 14.3. The molecule has 0 spiro atoms. The molecule has 18 heavy (non-hydrogen) atoms. The normalized spacial score (nSPS) is 12.1. The number of nitrogens with one attached hydrogen (secondary N) is 1. The fourth-order valence-corrected chi connectivity index (χ4v) is 1.63. The van der Waals surface area contributed by atoms with Crippen molar-refractivity contribution >= 4 is 17.3 Å². The highest BCUT2D eigenvalue weighted by Crippen LogP contribution is 2.15. The van der Waals surface area contributed by atoms with Gasteiger partial charge >= 0.3 is 0 Å². The van der Waals surface area contributed by atoms with Gasteiger partial charge in [0.1, 0.15) is 0 Å². The van der Waals surface area contributed by atoms with Crippen LogP contribution in [-0.4, -0.2) is 24.2 Å². The molecule has 1 amide bonds. The van der Waals surface area contributed by atoms with Crippen molar-refractivity contribution in [2.24, 2.45) is 5.92 Å². The van der Waals surface area contributed by atoms with Gasteiger partial charge in [-0.05, 0) is 37.0 Å². The lowest BCUT2D eigenvalue weighted by Crippen LogP contribution is -2.25. The van der Waals surface area contributed by atoms with Crippen molar-refractivity contribution in [3.8, 4) is 0 Å². The molecule has 0 aliphatic rings. The Morgan fingerprint density at radius 2 is 2.17 bits per heavy atom. The first-order valence-electron chi connectivity index (χ1n) is 6.08. The smallest absolute Gasteiger partial charge is 0.253 e. The van der Waals surface area contributed by atoms with Gasteiger partial charge in [0.05, 0.1) is 5.56 Å². The van der Waals surface area contributed by atoms with Crippen LogP contribution in [0, 0.1) is 5.92 Å². The third-order valence-corrected chi connectivity index (χ3v) is 2.79. The van der Waals surface area contributed by atoms with Crippen LogP contribution < -0.4 is 16.8 Å². The lowest BCUT2D eigenvalue weighted by Gasteiger charge is -2.10. The number of amides is 1. The highest BCUT2D eigenvalue weighted by atomic mass is 16.3. The quantitative estimate of drug-likeness (QED) is 0.447. The van der Waals surface area contributed by atoms with Gasteiger partial charge in [-0.1, -0.05) is 6.92 Å². The fourth-order valence-electron chi connectivity index (χ4n) is 1.63. The van der Waals surface area contributed by atoms with E-state index < -0.39 is 0 Å². The Kier molecular flexibility index (Phi) is 5.45. The second-order valence-electron chi connectivity index (χ2n) is 4.53. The molecule has 5 heteroatoms. The number of carbonyl (C=O) groups is 1. The molecule has 1 rings (SSSR count). The van der Waals surface area contributed by atoms with E-state index in [1.165, 1.54) is 0 Å². The zero-order chi connectivity index (χ0) is 13.5. The summed E-state index contributed by atoms with van der Waals surface area (Å²) in [6, 6.07) is 4.85. The maximum atomic E-state index is 11.8. The summed E-state index contributed by atoms with van der Waals surface area (Å²) in [5.41, 5.74) is 12.7. The summed E-state index contributed by atoms with van der Waals surface area (Å²) >= 11 is 0. The minimum atomic E-state index is -0.191. The molecule has 6 N–H and O–H groups in total. The fraction of sp³-hybridized carbons (Fsp3) is 0.462. The number of rotatable bonds is 6. The molecule has 0 saturated carbocycles. The number of hydrogen-bond donors (Lipinski definition) is 4. The van der Waals surface area contributed by atoms with Crippen LogP contribution in [0.2, 0.25) is 0 Å². The molecular formula is C13H21N3O2. The summed E-state index contributed by atoms with van der Waals surface area (Å²) in [7, 11) is 0. The van der Waals surface area contributed by atoms with E-state index in [1.54, 1.807) is 18.2 Å². The van der Waals surface area contributed by atoms with Gasteiger partial charge in [0, 0.05) is 24.5 Å². The molecule has 5 nitrogen and oxygen atoms in total. The van der Waals surface area contributed by atoms with Crippen LogP contribution in [0.1, 0.15) is 30.1 Å². The molecule has 0 saturated heterocycles. The van der Waals surface area contributed by atoms with Gasteiger partial charge < -0.3 is 21.9 Å². The largest absolute Gasteiger partial charge is 0.399 e. The Morgan fingerprint density at radius 1 is 1.44 bits per heavy atom. The summed E-state index contributed by atoms with van der Waals surface area (Å²) in [6.45, 7) is 2.73. The number of anilines is 2. The summed E-state index contributed by atoms with van der Waals surface area (Å²) in [4.78, 5) is 11.8. The lowest BCUT2D eigenvalue weighted by atomic mass is 10.1. The lowest BCUT2D eigenvalue weighted by molar-refractivity contribution is 0.0953. The van der Waals surface area contributed by atoms with Gasteiger partial charge in [-0.25, -0.2) is 0 Å². The predicted molar refractivity (Wildman–Crippen MR) is 73.1 cm³/mol. The zero-order valence-corrected chi connectivity index (χ0v) is 10.6. The van der Waals surface area contributed by atoms with Gasteiger partial charge in [0.25, 0.3) is 5.91 Å². The van der Waals surface area contributed by atoms with Crippen LogP contribution >= 0.6 is 0 Å². The van der Waals surface area contributed by atoms with E-state index >= 15 is 0 Å². The van der Waals surface area contributed by atoms with Gasteiger partial charge in [0.2, 0.25) is 0 Å². The van der Waals surface area contributed by atoms with E-state index in [2.05, 4.69) is 5.32 Å². The Balaban J connectivity index is 2.41. The molecular weight excluding hydrogens is 230 g/mol. The van der Waals surface area contributed by atoms with Gasteiger partial charge in [-0.15, -0.1) is 0 Å². The van der Waals surface area contributed by atoms with Gasteiger partial charge in [-0.3, -0.25) is 4.79 Å². The van der Waals surface area contributed by atoms with Crippen molar-refractivity contribution in [2.45, 2.75) is 19.8 Å². The average molecular weight is 251 g/mol. The van der Waals surface area contributed by atoms with Crippen LogP contribution in [0.5, 0.6) is 0 Å². The van der Waals surface area contributed by atoms with E-state index in [0.29, 0.717) is 23.5 Å². The van der Waals surface area contributed by atoms with Crippen LogP contribution in [-0.2, 0) is 0 Å². The summed E-state index contributed by atoms with van der Waals surface area (Å²) in [6.07, 6.45) is 1.72. The second kappa shape index (κ2) is 6.86. The second-order valence-corrected chi connectivity index (χ2v) is 4.53. The number of aliphatic hydroxyl groups excluding tert-OH is 1. The summed E-state index contributed by atoms with van der Waals surface area (Å²) < 4.78 is 0. The molecule has 0 fully saturated rings. The van der Waals surface area contributed by atoms with Crippen molar-refractivity contribution in [1.82, 2.24) is 5.32 Å². The number of nitrogen functional groups attached to an aromatic ring is 2. The Morgan fingerprint density at radius 3 is 2.78 bits per heavy atom. The predicted octanol–water partition coefficient (Wildman–Crippen LogP) is 0.989. The minimum Gasteiger partial charge on any atom is -0.399 e. The highest BCUT2D eigenvalue weighted by Gasteiger charge is 2.09. The maximum absolute atomic E-state index is 11.8. The Bertz CT molecular complexity index is 407. The van der Waals surface area contributed by atoms with E-state index in [-0.39, 0.29) is 18.4 Å². The SMILES string of the molecule is CC(CO)CCCNC(=O)c1ccc(N)cc1N. The number of aliphatic hydroxyl groups is 1. The van der Waals surface area contributed by atoms with Crippen molar-refractivity contribution in [1.29, 1.82) is 0 Å². The molecule has 1 unspecified atom stereocenters. The maximum Gasteiger partial charge on any atom is 0.253 e. The Labute approximate surface area is 107 Å². The van der Waals surface area contributed by atoms with Crippen LogP contribution in [0.3, 0.4) is 0 Å². The standard InChI is InChI=1S/C13H21N3O2/c1-9(8-17)3-2-6-16-13(18)11-5-4-10(14)7-12(11)15/h4-5,7,9,17H,2-3,6,8,14-15H2,1H3,(H,16,18). The molecule has 1 aromatic rings. The van der Waals surface area contributed by atoms with Crippen molar-refractivity contribution in [3.05, 3.63) is 23.8 Å². The molecule has 1 atom stereocenters. The van der Waals surface area contributed by atoms with Crippen molar-refractivity contribution in [3.63, 3.8) is 0 Å². The summed E-state index contributed by atoms with van der Waals surface area (Å²) in [5, 5.41) is 11.7. The molecule has 0 heterocycles. The topological polar surface area (TPSA) is 101 Å². The summed E-state index contributed by atoms with van der Waals surface area (Å²) in [5.74, 6) is 0.0765. The molecule has 0 aromatic heterocycles. The van der Waals surface area contributed by atoms with Crippen molar-refractivity contribution < 1.29 is 9.90 Å². The van der Waals surface area contributed by atoms with Crippen LogP contribution in [0.4, 0.5) is 11.4 Å². The van der Waals surface area contributed by atoms with Crippen molar-refractivity contribution in [2.75, 3.05) is 24.6 Å². The molecule has 0 aliphatic carbocycles. The molecule has 1 aromatic carbocycles. The zero-order valence-electron chi connectivity index (χ0n) is 10.6. The van der Waals surface area contributed by atoms with E-state index in [9.17, 15) is 4.79 Å². The number of hydrogen-bond acceptors (Lipinski definition) is 4. The molecule has 100 valence electrons. The number of carbonyl (C=O) groups excluding carboxylic acids is 1. The van der Waals surface area contributed by atoms with Gasteiger partial charge in [-0.2, -0.15) is 0 Å². The minimum absolute atomic E-state index is 0.179. The number of benzene rings is 1. The van der Waals surface area contributed by atoms with E-state index in [1.807, 2.05) is 6.92 Å². The van der Waals surface area contributed by atoms with E-state index in [4.69, 9.17) is 16.6 Å². The highest BCUT2D eigenvalue weighted by molar-refractivity contribution is 5.99. The first-order valence-corrected chi connectivity index (χ1v) is 6.08. The van der Waals surface area contributed by atoms with Crippen LogP contribution in [0.25, 0.3) is 0 Å². The van der Waals surface area contributed by atoms with Gasteiger partial charge in [0.15, 0.2) is 0 Å². The van der Waals surface area contributed by atoms with E-state index in [0.717, 1.165) is 12.8 Å². The number of nitrogens with two attached hydrogens (primary N) is 2. The molecule has 0 radical (unpaired) electrons. The molecule has 0 bridgehead atoms.